The molecule has 102 valence electrons. The lowest BCUT2D eigenvalue weighted by atomic mass is 10.2. The number of rotatable bonds is 4. The van der Waals surface area contributed by atoms with Crippen molar-refractivity contribution in [1.82, 2.24) is 19.7 Å². The van der Waals surface area contributed by atoms with Gasteiger partial charge in [0.25, 0.3) is 0 Å². The lowest BCUT2D eigenvalue weighted by Gasteiger charge is -2.09. The van der Waals surface area contributed by atoms with Gasteiger partial charge in [-0.25, -0.2) is 9.67 Å². The van der Waals surface area contributed by atoms with Crippen LogP contribution in [0.25, 0.3) is 16.7 Å². The molecular weight excluding hydrogens is 318 g/mol. The fourth-order valence-corrected chi connectivity index (χ4v) is 2.25. The van der Waals surface area contributed by atoms with Gasteiger partial charge in [0.2, 0.25) is 5.95 Å². The number of halogens is 1. The minimum absolute atomic E-state index is 0.632. The van der Waals surface area contributed by atoms with Gasteiger partial charge in [0, 0.05) is 18.1 Å². The van der Waals surface area contributed by atoms with E-state index >= 15 is 0 Å². The van der Waals surface area contributed by atoms with Gasteiger partial charge in [-0.15, -0.1) is 0 Å². The van der Waals surface area contributed by atoms with Crippen molar-refractivity contribution in [2.75, 3.05) is 11.9 Å². The van der Waals surface area contributed by atoms with E-state index < -0.39 is 0 Å². The molecule has 1 aromatic carbocycles. The monoisotopic (exact) mass is 331 g/mol. The summed E-state index contributed by atoms with van der Waals surface area (Å²) in [6, 6.07) is 7.94. The van der Waals surface area contributed by atoms with Gasteiger partial charge in [0.1, 0.15) is 0 Å². The summed E-state index contributed by atoms with van der Waals surface area (Å²) < 4.78 is 2.67. The minimum Gasteiger partial charge on any atom is -0.354 e. The third-order valence-corrected chi connectivity index (χ3v) is 3.29. The largest absolute Gasteiger partial charge is 0.354 e. The van der Waals surface area contributed by atoms with Crippen LogP contribution in [0.2, 0.25) is 0 Å². The summed E-state index contributed by atoms with van der Waals surface area (Å²) in [7, 11) is 0. The number of hydrogen-bond donors (Lipinski definition) is 1. The molecule has 1 N–H and O–H groups in total. The molecular formula is C14H14BrN5. The maximum atomic E-state index is 4.58. The predicted molar refractivity (Wildman–Crippen MR) is 83.1 cm³/mol. The zero-order valence-corrected chi connectivity index (χ0v) is 12.6. The van der Waals surface area contributed by atoms with E-state index in [-0.39, 0.29) is 0 Å². The third kappa shape index (κ3) is 2.51. The molecule has 3 aromatic rings. The number of nitrogens with zero attached hydrogens (tertiary/aromatic N) is 4. The second-order valence-corrected chi connectivity index (χ2v) is 5.33. The van der Waals surface area contributed by atoms with Crippen molar-refractivity contribution in [3.05, 3.63) is 41.1 Å². The summed E-state index contributed by atoms with van der Waals surface area (Å²) in [5, 5.41) is 8.51. The summed E-state index contributed by atoms with van der Waals surface area (Å²) in [4.78, 5) is 9.11. The average Bonchev–Trinajstić information content (AvgIpc) is 2.90. The molecule has 0 aliphatic rings. The Hall–Kier alpha value is -1.95. The van der Waals surface area contributed by atoms with Crippen molar-refractivity contribution in [2.24, 2.45) is 0 Å². The van der Waals surface area contributed by atoms with Crippen LogP contribution in [0, 0.1) is 0 Å². The Kier molecular flexibility index (Phi) is 3.64. The van der Waals surface area contributed by atoms with Gasteiger partial charge in [-0.05, 0) is 34.5 Å². The van der Waals surface area contributed by atoms with E-state index in [9.17, 15) is 0 Å². The summed E-state index contributed by atoms with van der Waals surface area (Å²) in [6.45, 7) is 2.96. The number of hydrogen-bond acceptors (Lipinski definition) is 4. The van der Waals surface area contributed by atoms with Crippen LogP contribution in [0.4, 0.5) is 5.95 Å². The predicted octanol–water partition coefficient (Wildman–Crippen LogP) is 3.40. The van der Waals surface area contributed by atoms with Gasteiger partial charge in [-0.2, -0.15) is 10.1 Å². The van der Waals surface area contributed by atoms with Gasteiger partial charge >= 0.3 is 0 Å². The van der Waals surface area contributed by atoms with Crippen molar-refractivity contribution in [3.8, 4) is 5.82 Å². The fraction of sp³-hybridized carbons (Fsp3) is 0.214. The summed E-state index contributed by atoms with van der Waals surface area (Å²) in [5.74, 6) is 1.41. The Balaban J connectivity index is 2.17. The van der Waals surface area contributed by atoms with Crippen LogP contribution in [0.3, 0.4) is 0 Å². The number of aromatic nitrogens is 4. The smallest absolute Gasteiger partial charge is 0.225 e. The highest BCUT2D eigenvalue weighted by Crippen LogP contribution is 2.21. The summed E-state index contributed by atoms with van der Waals surface area (Å²) in [6.07, 6.45) is 4.66. The van der Waals surface area contributed by atoms with Gasteiger partial charge in [-0.3, -0.25) is 0 Å². The van der Waals surface area contributed by atoms with Crippen LogP contribution in [0.5, 0.6) is 0 Å². The Morgan fingerprint density at radius 2 is 2.10 bits per heavy atom. The first kappa shape index (κ1) is 13.1. The maximum absolute atomic E-state index is 4.58. The quantitative estimate of drug-likeness (QED) is 0.796. The zero-order chi connectivity index (χ0) is 13.9. The van der Waals surface area contributed by atoms with E-state index in [0.717, 1.165) is 34.2 Å². The Morgan fingerprint density at radius 3 is 2.85 bits per heavy atom. The molecule has 0 saturated carbocycles. The topological polar surface area (TPSA) is 55.6 Å². The van der Waals surface area contributed by atoms with E-state index in [1.54, 1.807) is 10.9 Å². The molecule has 5 nitrogen and oxygen atoms in total. The van der Waals surface area contributed by atoms with E-state index in [1.165, 1.54) is 0 Å². The van der Waals surface area contributed by atoms with Crippen molar-refractivity contribution < 1.29 is 0 Å². The molecule has 0 spiro atoms. The molecule has 0 fully saturated rings. The molecule has 2 aromatic heterocycles. The normalized spacial score (nSPS) is 10.9. The van der Waals surface area contributed by atoms with Crippen LogP contribution < -0.4 is 5.32 Å². The minimum atomic E-state index is 0.632. The summed E-state index contributed by atoms with van der Waals surface area (Å²) >= 11 is 3.41. The van der Waals surface area contributed by atoms with Gasteiger partial charge in [-0.1, -0.05) is 19.1 Å². The molecule has 2 heterocycles. The summed E-state index contributed by atoms with van der Waals surface area (Å²) in [5.41, 5.74) is 0.905. The first-order valence-corrected chi connectivity index (χ1v) is 7.28. The molecule has 0 radical (unpaired) electrons. The SMILES string of the molecule is CCCNc1nc(-n2cc(Br)cn2)c2ccccc2n1. The first-order chi connectivity index (χ1) is 9.78. The van der Waals surface area contributed by atoms with Gasteiger partial charge < -0.3 is 5.32 Å². The Morgan fingerprint density at radius 1 is 1.25 bits per heavy atom. The highest BCUT2D eigenvalue weighted by Gasteiger charge is 2.10. The van der Waals surface area contributed by atoms with Crippen LogP contribution in [0.15, 0.2) is 41.1 Å². The van der Waals surface area contributed by atoms with E-state index in [2.05, 4.69) is 43.2 Å². The molecule has 20 heavy (non-hydrogen) atoms. The van der Waals surface area contributed by atoms with E-state index in [0.29, 0.717) is 5.95 Å². The van der Waals surface area contributed by atoms with Gasteiger partial charge in [0.05, 0.1) is 16.2 Å². The number of para-hydroxylation sites is 1. The van der Waals surface area contributed by atoms with Crippen LogP contribution in [-0.4, -0.2) is 26.3 Å². The number of benzene rings is 1. The third-order valence-electron chi connectivity index (χ3n) is 2.88. The lowest BCUT2D eigenvalue weighted by Crippen LogP contribution is -2.08. The highest BCUT2D eigenvalue weighted by molar-refractivity contribution is 9.10. The first-order valence-electron chi connectivity index (χ1n) is 6.49. The molecule has 0 saturated heterocycles. The molecule has 0 bridgehead atoms. The second kappa shape index (κ2) is 5.58. The lowest BCUT2D eigenvalue weighted by molar-refractivity contribution is 0.848. The number of fused-ring (bicyclic) bond motifs is 1. The van der Waals surface area contributed by atoms with Crippen LogP contribution in [-0.2, 0) is 0 Å². The highest BCUT2D eigenvalue weighted by atomic mass is 79.9. The van der Waals surface area contributed by atoms with Crippen molar-refractivity contribution >= 4 is 32.8 Å². The van der Waals surface area contributed by atoms with Crippen LogP contribution in [0.1, 0.15) is 13.3 Å². The standard InChI is InChI=1S/C14H14BrN5/c1-2-7-16-14-18-12-6-4-3-5-11(12)13(19-14)20-9-10(15)8-17-20/h3-6,8-9H,2,7H2,1H3,(H,16,18,19). The maximum Gasteiger partial charge on any atom is 0.225 e. The van der Waals surface area contributed by atoms with Crippen molar-refractivity contribution in [3.63, 3.8) is 0 Å². The van der Waals surface area contributed by atoms with E-state index in [4.69, 9.17) is 0 Å². The van der Waals surface area contributed by atoms with E-state index in [1.807, 2.05) is 30.5 Å². The second-order valence-electron chi connectivity index (χ2n) is 4.42. The molecule has 0 amide bonds. The van der Waals surface area contributed by atoms with Crippen molar-refractivity contribution in [2.45, 2.75) is 13.3 Å². The number of anilines is 1. The Labute approximate surface area is 125 Å². The molecule has 6 heteroatoms. The fourth-order valence-electron chi connectivity index (χ4n) is 1.97. The molecule has 0 unspecified atom stereocenters. The van der Waals surface area contributed by atoms with Gasteiger partial charge in [0.15, 0.2) is 5.82 Å². The molecule has 0 atom stereocenters. The molecule has 0 aliphatic carbocycles. The van der Waals surface area contributed by atoms with Crippen molar-refractivity contribution in [1.29, 1.82) is 0 Å². The zero-order valence-electron chi connectivity index (χ0n) is 11.0. The number of nitrogens with one attached hydrogen (secondary N) is 1. The Bertz CT molecular complexity index is 737. The van der Waals surface area contributed by atoms with Crippen LogP contribution >= 0.6 is 15.9 Å². The molecule has 3 rings (SSSR count). The average molecular weight is 332 g/mol. The molecule has 0 aliphatic heterocycles.